The molecule has 0 spiro atoms. The summed E-state index contributed by atoms with van der Waals surface area (Å²) in [6, 6.07) is 6.03. The molecule has 98 valence electrons. The third-order valence-electron chi connectivity index (χ3n) is 3.14. The summed E-state index contributed by atoms with van der Waals surface area (Å²) in [5.41, 5.74) is 7.48. The molecule has 0 atom stereocenters. The van der Waals surface area contributed by atoms with Crippen molar-refractivity contribution in [3.05, 3.63) is 29.3 Å². The smallest absolute Gasteiger partial charge is 0.122 e. The molecule has 2 N–H and O–H groups in total. The summed E-state index contributed by atoms with van der Waals surface area (Å²) in [5, 5.41) is 0. The average molecular weight is 245 g/mol. The van der Waals surface area contributed by atoms with E-state index in [-0.39, 0.29) is 0 Å². The normalized spacial score (nSPS) is 10.1. The summed E-state index contributed by atoms with van der Waals surface area (Å²) in [4.78, 5) is 0. The van der Waals surface area contributed by atoms with Gasteiger partial charge in [0.1, 0.15) is 5.75 Å². The predicted octanol–water partition coefficient (Wildman–Crippen LogP) is 3.12. The molecule has 1 rings (SSSR count). The van der Waals surface area contributed by atoms with Crippen LogP contribution < -0.4 is 10.5 Å². The molecular weight excluding hydrogens is 222 g/mol. The van der Waals surface area contributed by atoms with Gasteiger partial charge in [0.25, 0.3) is 0 Å². The molecular formula is C16H23NO. The highest BCUT2D eigenvalue weighted by atomic mass is 16.5. The van der Waals surface area contributed by atoms with Gasteiger partial charge < -0.3 is 10.5 Å². The van der Waals surface area contributed by atoms with Crippen LogP contribution in [0, 0.1) is 24.7 Å². The number of rotatable bonds is 5. The van der Waals surface area contributed by atoms with Crippen molar-refractivity contribution in [1.82, 2.24) is 0 Å². The monoisotopic (exact) mass is 245 g/mol. The van der Waals surface area contributed by atoms with Crippen LogP contribution in [-0.2, 0) is 0 Å². The average Bonchev–Trinajstić information content (AvgIpc) is 2.39. The topological polar surface area (TPSA) is 35.2 Å². The van der Waals surface area contributed by atoms with Gasteiger partial charge in [-0.1, -0.05) is 38.5 Å². The molecule has 0 bridgehead atoms. The zero-order chi connectivity index (χ0) is 13.4. The van der Waals surface area contributed by atoms with Gasteiger partial charge in [-0.3, -0.25) is 0 Å². The largest absolute Gasteiger partial charge is 0.493 e. The van der Waals surface area contributed by atoms with Crippen molar-refractivity contribution in [2.24, 2.45) is 11.7 Å². The highest BCUT2D eigenvalue weighted by molar-refractivity contribution is 5.43. The van der Waals surface area contributed by atoms with Crippen molar-refractivity contribution >= 4 is 0 Å². The van der Waals surface area contributed by atoms with Gasteiger partial charge in [0.2, 0.25) is 0 Å². The Hall–Kier alpha value is -1.46. The van der Waals surface area contributed by atoms with E-state index in [1.54, 1.807) is 0 Å². The van der Waals surface area contributed by atoms with Crippen LogP contribution in [0.5, 0.6) is 5.75 Å². The van der Waals surface area contributed by atoms with Crippen LogP contribution in [0.25, 0.3) is 0 Å². The number of nitrogens with two attached hydrogens (primary N) is 1. The molecule has 0 saturated heterocycles. The summed E-state index contributed by atoms with van der Waals surface area (Å²) < 4.78 is 5.87. The fourth-order valence-electron chi connectivity index (χ4n) is 1.77. The molecule has 0 aliphatic heterocycles. The fourth-order valence-corrected chi connectivity index (χ4v) is 1.77. The lowest BCUT2D eigenvalue weighted by Crippen LogP contribution is -2.10. The first kappa shape index (κ1) is 14.6. The predicted molar refractivity (Wildman–Crippen MR) is 76.7 cm³/mol. The molecule has 0 unspecified atom stereocenters. The Labute approximate surface area is 111 Å². The number of hydrogen-bond acceptors (Lipinski definition) is 2. The molecule has 0 fully saturated rings. The van der Waals surface area contributed by atoms with Crippen molar-refractivity contribution < 1.29 is 4.74 Å². The highest BCUT2D eigenvalue weighted by Crippen LogP contribution is 2.20. The second-order valence-corrected chi connectivity index (χ2v) is 4.48. The van der Waals surface area contributed by atoms with Crippen molar-refractivity contribution in [2.75, 3.05) is 13.2 Å². The maximum Gasteiger partial charge on any atom is 0.122 e. The Balaban J connectivity index is 2.68. The van der Waals surface area contributed by atoms with Crippen LogP contribution >= 0.6 is 0 Å². The maximum atomic E-state index is 5.87. The molecule has 0 amide bonds. The van der Waals surface area contributed by atoms with Crippen LogP contribution in [0.15, 0.2) is 18.2 Å². The molecule has 0 aliphatic rings. The number of hydrogen-bond donors (Lipinski definition) is 1. The van der Waals surface area contributed by atoms with Gasteiger partial charge in [0, 0.05) is 5.56 Å². The fraction of sp³-hybridized carbons (Fsp3) is 0.500. The first-order valence-corrected chi connectivity index (χ1v) is 6.63. The van der Waals surface area contributed by atoms with Crippen molar-refractivity contribution in [1.29, 1.82) is 0 Å². The van der Waals surface area contributed by atoms with Gasteiger partial charge in [-0.25, -0.2) is 0 Å². The Morgan fingerprint density at radius 1 is 1.28 bits per heavy atom. The number of benzene rings is 1. The Morgan fingerprint density at radius 3 is 2.56 bits per heavy atom. The second-order valence-electron chi connectivity index (χ2n) is 4.48. The van der Waals surface area contributed by atoms with E-state index in [1.165, 1.54) is 0 Å². The van der Waals surface area contributed by atoms with Gasteiger partial charge in [-0.2, -0.15) is 0 Å². The lowest BCUT2D eigenvalue weighted by atomic mass is 10.1. The molecule has 0 radical (unpaired) electrons. The molecule has 18 heavy (non-hydrogen) atoms. The highest BCUT2D eigenvalue weighted by Gasteiger charge is 2.06. The summed E-state index contributed by atoms with van der Waals surface area (Å²) in [6.45, 7) is 7.65. The van der Waals surface area contributed by atoms with E-state index in [4.69, 9.17) is 10.5 Å². The second kappa shape index (κ2) is 7.79. The molecule has 0 aliphatic carbocycles. The minimum Gasteiger partial charge on any atom is -0.493 e. The standard InChI is InChI=1S/C16H23NO/c1-4-14(5-2)12-18-16-9-8-15(7-6-10-17)11-13(16)3/h8-9,11,14H,4-5,10,12,17H2,1-3H3. The first-order chi connectivity index (χ1) is 8.71. The van der Waals surface area contributed by atoms with Crippen LogP contribution in [0.4, 0.5) is 0 Å². The molecule has 0 heterocycles. The molecule has 2 heteroatoms. The lowest BCUT2D eigenvalue weighted by molar-refractivity contribution is 0.239. The zero-order valence-corrected chi connectivity index (χ0v) is 11.6. The minimum atomic E-state index is 0.395. The number of aryl methyl sites for hydroxylation is 1. The van der Waals surface area contributed by atoms with E-state index in [9.17, 15) is 0 Å². The van der Waals surface area contributed by atoms with Crippen LogP contribution in [-0.4, -0.2) is 13.2 Å². The number of ether oxygens (including phenoxy) is 1. The first-order valence-electron chi connectivity index (χ1n) is 6.63. The van der Waals surface area contributed by atoms with Crippen molar-refractivity contribution in [3.63, 3.8) is 0 Å². The third-order valence-corrected chi connectivity index (χ3v) is 3.14. The molecule has 1 aromatic carbocycles. The van der Waals surface area contributed by atoms with E-state index < -0.39 is 0 Å². The van der Waals surface area contributed by atoms with Crippen molar-refractivity contribution in [3.8, 4) is 17.6 Å². The molecule has 0 saturated carbocycles. The lowest BCUT2D eigenvalue weighted by Gasteiger charge is -2.15. The van der Waals surface area contributed by atoms with Gasteiger partial charge >= 0.3 is 0 Å². The van der Waals surface area contributed by atoms with E-state index >= 15 is 0 Å². The van der Waals surface area contributed by atoms with E-state index in [2.05, 4.69) is 32.6 Å². The van der Waals surface area contributed by atoms with E-state index in [0.29, 0.717) is 12.5 Å². The van der Waals surface area contributed by atoms with Crippen LogP contribution in [0.1, 0.15) is 37.8 Å². The molecule has 2 nitrogen and oxygen atoms in total. The Kier molecular flexibility index (Phi) is 6.32. The summed E-state index contributed by atoms with van der Waals surface area (Å²) in [5.74, 6) is 7.48. The summed E-state index contributed by atoms with van der Waals surface area (Å²) in [7, 11) is 0. The van der Waals surface area contributed by atoms with E-state index in [0.717, 1.165) is 36.3 Å². The molecule has 0 aromatic heterocycles. The van der Waals surface area contributed by atoms with Gasteiger partial charge in [0.05, 0.1) is 13.2 Å². The van der Waals surface area contributed by atoms with Gasteiger partial charge in [-0.05, 0) is 36.6 Å². The SMILES string of the molecule is CCC(CC)COc1ccc(C#CCN)cc1C. The van der Waals surface area contributed by atoms with Crippen LogP contribution in [0.2, 0.25) is 0 Å². The Morgan fingerprint density at radius 2 is 2.00 bits per heavy atom. The van der Waals surface area contributed by atoms with Gasteiger partial charge in [0.15, 0.2) is 0 Å². The van der Waals surface area contributed by atoms with Crippen LogP contribution in [0.3, 0.4) is 0 Å². The van der Waals surface area contributed by atoms with E-state index in [1.807, 2.05) is 18.2 Å². The molecule has 1 aromatic rings. The maximum absolute atomic E-state index is 5.87. The summed E-state index contributed by atoms with van der Waals surface area (Å²) in [6.07, 6.45) is 2.32. The Bertz CT molecular complexity index is 424. The minimum absolute atomic E-state index is 0.395. The zero-order valence-electron chi connectivity index (χ0n) is 11.6. The third kappa shape index (κ3) is 4.43. The van der Waals surface area contributed by atoms with Gasteiger partial charge in [-0.15, -0.1) is 0 Å². The summed E-state index contributed by atoms with van der Waals surface area (Å²) >= 11 is 0. The van der Waals surface area contributed by atoms with Crippen molar-refractivity contribution in [2.45, 2.75) is 33.6 Å². The quantitative estimate of drug-likeness (QED) is 0.809.